The molecule has 5 heteroatoms. The van der Waals surface area contributed by atoms with Gasteiger partial charge in [-0.15, -0.1) is 0 Å². The Morgan fingerprint density at radius 3 is 2.83 bits per heavy atom. The zero-order valence-corrected chi connectivity index (χ0v) is 11.2. The molecule has 1 heterocycles. The first-order chi connectivity index (χ1) is 8.58. The molecule has 1 aromatic rings. The van der Waals surface area contributed by atoms with Gasteiger partial charge < -0.3 is 5.32 Å². The average molecular weight is 248 g/mol. The second-order valence-electron chi connectivity index (χ2n) is 4.38. The lowest BCUT2D eigenvalue weighted by Crippen LogP contribution is -2.31. The third-order valence-electron chi connectivity index (χ3n) is 2.83. The van der Waals surface area contributed by atoms with Crippen molar-refractivity contribution in [2.24, 2.45) is 5.92 Å². The summed E-state index contributed by atoms with van der Waals surface area (Å²) in [5, 5.41) is 15.9. The number of nitrogens with one attached hydrogen (secondary N) is 1. The maximum atomic E-state index is 11.5. The predicted octanol–water partition coefficient (Wildman–Crippen LogP) is 1.56. The first kappa shape index (κ1) is 14.2. The standard InChI is InChI=1S/C13H20N4O/c1-4-12(9-14)13(18)15-6-5-7-17-11(3)8-10(2)16-17/h8,12H,4-7H2,1-3H3,(H,15,18). The fraction of sp³-hybridized carbons (Fsp3) is 0.615. The summed E-state index contributed by atoms with van der Waals surface area (Å²) in [6.45, 7) is 7.17. The summed E-state index contributed by atoms with van der Waals surface area (Å²) in [6, 6.07) is 4.02. The number of aryl methyl sites for hydroxylation is 3. The van der Waals surface area contributed by atoms with Crippen molar-refractivity contribution in [3.05, 3.63) is 17.5 Å². The van der Waals surface area contributed by atoms with Gasteiger partial charge in [-0.05, 0) is 32.8 Å². The highest BCUT2D eigenvalue weighted by molar-refractivity contribution is 5.80. The van der Waals surface area contributed by atoms with Crippen LogP contribution in [0.3, 0.4) is 0 Å². The van der Waals surface area contributed by atoms with Gasteiger partial charge in [-0.1, -0.05) is 6.92 Å². The summed E-state index contributed by atoms with van der Waals surface area (Å²) in [4.78, 5) is 11.5. The van der Waals surface area contributed by atoms with Crippen LogP contribution in [-0.2, 0) is 11.3 Å². The van der Waals surface area contributed by atoms with Crippen molar-refractivity contribution in [3.63, 3.8) is 0 Å². The van der Waals surface area contributed by atoms with Crippen molar-refractivity contribution < 1.29 is 4.79 Å². The number of hydrogen-bond donors (Lipinski definition) is 1. The first-order valence-corrected chi connectivity index (χ1v) is 6.26. The largest absolute Gasteiger partial charge is 0.355 e. The van der Waals surface area contributed by atoms with E-state index < -0.39 is 5.92 Å². The van der Waals surface area contributed by atoms with E-state index in [2.05, 4.69) is 10.4 Å². The number of nitrogens with zero attached hydrogens (tertiary/aromatic N) is 3. The van der Waals surface area contributed by atoms with Crippen molar-refractivity contribution >= 4 is 5.91 Å². The molecule has 1 atom stereocenters. The number of nitriles is 1. The van der Waals surface area contributed by atoms with Crippen LogP contribution in [0.5, 0.6) is 0 Å². The Bertz CT molecular complexity index is 444. The van der Waals surface area contributed by atoms with Gasteiger partial charge in [0.05, 0.1) is 11.8 Å². The molecule has 1 amide bonds. The van der Waals surface area contributed by atoms with Crippen LogP contribution in [0.2, 0.25) is 0 Å². The summed E-state index contributed by atoms with van der Waals surface area (Å²) >= 11 is 0. The average Bonchev–Trinajstić information content (AvgIpc) is 2.65. The Morgan fingerprint density at radius 2 is 2.33 bits per heavy atom. The van der Waals surface area contributed by atoms with Crippen molar-refractivity contribution in [1.29, 1.82) is 5.26 Å². The molecule has 0 aliphatic heterocycles. The lowest BCUT2D eigenvalue weighted by atomic mass is 10.1. The molecule has 0 aliphatic rings. The van der Waals surface area contributed by atoms with Crippen LogP contribution in [0, 0.1) is 31.1 Å². The van der Waals surface area contributed by atoms with Crippen molar-refractivity contribution in [2.75, 3.05) is 6.54 Å². The number of amides is 1. The van der Waals surface area contributed by atoms with Crippen LogP contribution in [-0.4, -0.2) is 22.2 Å². The lowest BCUT2D eigenvalue weighted by molar-refractivity contribution is -0.123. The monoisotopic (exact) mass is 248 g/mol. The minimum atomic E-state index is -0.529. The molecule has 0 aromatic carbocycles. The summed E-state index contributed by atoms with van der Waals surface area (Å²) < 4.78 is 1.93. The molecule has 0 saturated carbocycles. The van der Waals surface area contributed by atoms with Gasteiger partial charge in [0, 0.05) is 18.8 Å². The second kappa shape index (κ2) is 6.80. The molecule has 0 fully saturated rings. The van der Waals surface area contributed by atoms with Crippen molar-refractivity contribution in [1.82, 2.24) is 15.1 Å². The number of aromatic nitrogens is 2. The lowest BCUT2D eigenvalue weighted by Gasteiger charge is -2.08. The van der Waals surface area contributed by atoms with Crippen molar-refractivity contribution in [3.8, 4) is 6.07 Å². The minimum Gasteiger partial charge on any atom is -0.355 e. The number of rotatable bonds is 6. The molecule has 5 nitrogen and oxygen atoms in total. The minimum absolute atomic E-state index is 0.173. The van der Waals surface area contributed by atoms with E-state index in [1.54, 1.807) is 0 Å². The highest BCUT2D eigenvalue weighted by Crippen LogP contribution is 2.03. The quantitative estimate of drug-likeness (QED) is 0.776. The van der Waals surface area contributed by atoms with E-state index >= 15 is 0 Å². The molecular weight excluding hydrogens is 228 g/mol. The number of hydrogen-bond acceptors (Lipinski definition) is 3. The maximum Gasteiger partial charge on any atom is 0.237 e. The Balaban J connectivity index is 2.29. The predicted molar refractivity (Wildman–Crippen MR) is 68.7 cm³/mol. The zero-order valence-electron chi connectivity index (χ0n) is 11.2. The summed E-state index contributed by atoms with van der Waals surface area (Å²) in [5.74, 6) is -0.702. The van der Waals surface area contributed by atoms with Gasteiger partial charge in [0.15, 0.2) is 0 Å². The molecule has 0 aliphatic carbocycles. The number of carbonyl (C=O) groups excluding carboxylic acids is 1. The van der Waals surface area contributed by atoms with Gasteiger partial charge >= 0.3 is 0 Å². The topological polar surface area (TPSA) is 70.7 Å². The molecule has 0 bridgehead atoms. The maximum absolute atomic E-state index is 11.5. The molecule has 0 spiro atoms. The van der Waals surface area contributed by atoms with Crippen LogP contribution in [0.25, 0.3) is 0 Å². The van der Waals surface area contributed by atoms with Crippen LogP contribution in [0.4, 0.5) is 0 Å². The summed E-state index contributed by atoms with van der Waals surface area (Å²) in [7, 11) is 0. The SMILES string of the molecule is CCC(C#N)C(=O)NCCCn1nc(C)cc1C. The van der Waals surface area contributed by atoms with E-state index in [0.29, 0.717) is 13.0 Å². The van der Waals surface area contributed by atoms with Gasteiger partial charge in [0.1, 0.15) is 5.92 Å². The molecule has 0 saturated heterocycles. The highest BCUT2D eigenvalue weighted by Gasteiger charge is 2.14. The van der Waals surface area contributed by atoms with E-state index in [1.165, 1.54) is 0 Å². The van der Waals surface area contributed by atoms with Gasteiger partial charge in [-0.25, -0.2) is 0 Å². The molecule has 1 unspecified atom stereocenters. The summed E-state index contributed by atoms with van der Waals surface area (Å²) in [5.41, 5.74) is 2.13. The highest BCUT2D eigenvalue weighted by atomic mass is 16.1. The molecular formula is C13H20N4O. The van der Waals surface area contributed by atoms with Crippen molar-refractivity contribution in [2.45, 2.75) is 40.2 Å². The van der Waals surface area contributed by atoms with E-state index in [4.69, 9.17) is 5.26 Å². The van der Waals surface area contributed by atoms with Gasteiger partial charge in [-0.2, -0.15) is 10.4 Å². The number of carbonyl (C=O) groups is 1. The van der Waals surface area contributed by atoms with Gasteiger partial charge in [0.2, 0.25) is 5.91 Å². The zero-order chi connectivity index (χ0) is 13.5. The molecule has 1 N–H and O–H groups in total. The Hall–Kier alpha value is -1.83. The van der Waals surface area contributed by atoms with E-state index in [-0.39, 0.29) is 5.91 Å². The molecule has 18 heavy (non-hydrogen) atoms. The summed E-state index contributed by atoms with van der Waals surface area (Å²) in [6.07, 6.45) is 1.37. The smallest absolute Gasteiger partial charge is 0.237 e. The molecule has 1 aromatic heterocycles. The Kier molecular flexibility index (Phi) is 5.37. The Labute approximate surface area is 108 Å². The first-order valence-electron chi connectivity index (χ1n) is 6.26. The fourth-order valence-electron chi connectivity index (χ4n) is 1.80. The molecule has 98 valence electrons. The molecule has 1 rings (SSSR count). The second-order valence-corrected chi connectivity index (χ2v) is 4.38. The van der Waals surface area contributed by atoms with E-state index in [1.807, 2.05) is 37.6 Å². The van der Waals surface area contributed by atoms with Crippen LogP contribution >= 0.6 is 0 Å². The Morgan fingerprint density at radius 1 is 1.61 bits per heavy atom. The third kappa shape index (κ3) is 3.88. The molecule has 0 radical (unpaired) electrons. The third-order valence-corrected chi connectivity index (χ3v) is 2.83. The normalized spacial score (nSPS) is 11.9. The van der Waals surface area contributed by atoms with Crippen LogP contribution in [0.15, 0.2) is 6.07 Å². The van der Waals surface area contributed by atoms with Gasteiger partial charge in [-0.3, -0.25) is 9.48 Å². The van der Waals surface area contributed by atoms with E-state index in [0.717, 1.165) is 24.4 Å². The van der Waals surface area contributed by atoms with Crippen LogP contribution < -0.4 is 5.32 Å². The fourth-order valence-corrected chi connectivity index (χ4v) is 1.80. The van der Waals surface area contributed by atoms with Gasteiger partial charge in [0.25, 0.3) is 0 Å². The van der Waals surface area contributed by atoms with E-state index in [9.17, 15) is 4.79 Å². The van der Waals surface area contributed by atoms with Crippen LogP contribution in [0.1, 0.15) is 31.2 Å².